The van der Waals surface area contributed by atoms with E-state index in [1.165, 1.54) is 0 Å². The predicted molar refractivity (Wildman–Crippen MR) is 62.2 cm³/mol. The summed E-state index contributed by atoms with van der Waals surface area (Å²) in [5.74, 6) is 0.171. The lowest BCUT2D eigenvalue weighted by Gasteiger charge is -1.99. The summed E-state index contributed by atoms with van der Waals surface area (Å²) >= 11 is 0. The van der Waals surface area contributed by atoms with Crippen LogP contribution in [0.1, 0.15) is 40.0 Å². The molecule has 78 valence electrons. The smallest absolute Gasteiger partial charge is 0.155 e. The minimum absolute atomic E-state index is 0.171. The molecule has 0 aliphatic carbocycles. The van der Waals surface area contributed by atoms with E-state index in [0.717, 1.165) is 30.4 Å². The minimum atomic E-state index is 0.171. The Bertz CT molecular complexity index is 256. The van der Waals surface area contributed by atoms with Crippen LogP contribution in [0.2, 0.25) is 0 Å². The molecule has 0 aromatic carbocycles. The number of hydrogen-bond acceptors (Lipinski definition) is 1. The average molecular weight is 192 g/mol. The van der Waals surface area contributed by atoms with Gasteiger partial charge >= 0.3 is 0 Å². The molecule has 0 unspecified atom stereocenters. The highest BCUT2D eigenvalue weighted by Gasteiger charge is 2.00. The summed E-state index contributed by atoms with van der Waals surface area (Å²) in [5.41, 5.74) is 1.91. The number of allylic oxidation sites excluding steroid dienone is 5. The zero-order chi connectivity index (χ0) is 11.0. The van der Waals surface area contributed by atoms with Crippen molar-refractivity contribution >= 4 is 5.78 Å². The van der Waals surface area contributed by atoms with Crippen molar-refractivity contribution in [2.24, 2.45) is 0 Å². The largest absolute Gasteiger partial charge is 0.295 e. The molecular weight excluding hydrogens is 172 g/mol. The molecular formula is C13H20O. The molecule has 0 bridgehead atoms. The Morgan fingerprint density at radius 1 is 1.36 bits per heavy atom. The number of Topliss-reactive ketones (excluding diaryl/α,β-unsaturated/α-hetero) is 1. The molecule has 0 saturated carbocycles. The van der Waals surface area contributed by atoms with Gasteiger partial charge in [0, 0.05) is 0 Å². The van der Waals surface area contributed by atoms with Gasteiger partial charge in [0.25, 0.3) is 0 Å². The van der Waals surface area contributed by atoms with Gasteiger partial charge in [0.15, 0.2) is 5.78 Å². The molecule has 1 nitrogen and oxygen atoms in total. The lowest BCUT2D eigenvalue weighted by atomic mass is 10.0. The number of unbranched alkanes of at least 4 members (excludes halogenated alkanes) is 1. The molecule has 0 heterocycles. The van der Waals surface area contributed by atoms with E-state index in [9.17, 15) is 4.79 Å². The number of rotatable bonds is 6. The second-order valence-electron chi connectivity index (χ2n) is 3.56. The Morgan fingerprint density at radius 3 is 2.43 bits per heavy atom. The summed E-state index contributed by atoms with van der Waals surface area (Å²) in [6.45, 7) is 9.44. The van der Waals surface area contributed by atoms with Gasteiger partial charge in [0.1, 0.15) is 0 Å². The molecule has 0 radical (unpaired) electrons. The number of carbonyl (C=O) groups excluding carboxylic acids is 1. The molecule has 0 saturated heterocycles. The van der Waals surface area contributed by atoms with E-state index in [1.54, 1.807) is 6.92 Å². The van der Waals surface area contributed by atoms with Crippen LogP contribution in [0.3, 0.4) is 0 Å². The third-order valence-corrected chi connectivity index (χ3v) is 1.93. The van der Waals surface area contributed by atoms with Crippen LogP contribution in [0.5, 0.6) is 0 Å². The van der Waals surface area contributed by atoms with Crippen molar-refractivity contribution in [3.8, 4) is 0 Å². The van der Waals surface area contributed by atoms with Crippen molar-refractivity contribution in [1.82, 2.24) is 0 Å². The zero-order valence-corrected chi connectivity index (χ0v) is 9.47. The minimum Gasteiger partial charge on any atom is -0.295 e. The van der Waals surface area contributed by atoms with E-state index in [-0.39, 0.29) is 5.78 Å². The van der Waals surface area contributed by atoms with E-state index >= 15 is 0 Å². The molecule has 0 aliphatic rings. The topological polar surface area (TPSA) is 17.1 Å². The Labute approximate surface area is 87.2 Å². The van der Waals surface area contributed by atoms with Gasteiger partial charge in [-0.25, -0.2) is 0 Å². The van der Waals surface area contributed by atoms with Gasteiger partial charge < -0.3 is 0 Å². The highest BCUT2D eigenvalue weighted by atomic mass is 16.1. The zero-order valence-electron chi connectivity index (χ0n) is 9.47. The quantitative estimate of drug-likeness (QED) is 0.462. The first kappa shape index (κ1) is 12.9. The Kier molecular flexibility index (Phi) is 6.73. The summed E-state index contributed by atoms with van der Waals surface area (Å²) in [6.07, 6.45) is 8.78. The second-order valence-corrected chi connectivity index (χ2v) is 3.56. The summed E-state index contributed by atoms with van der Waals surface area (Å²) < 4.78 is 0. The van der Waals surface area contributed by atoms with Gasteiger partial charge in [-0.2, -0.15) is 0 Å². The predicted octanol–water partition coefficient (Wildman–Crippen LogP) is 3.82. The maximum atomic E-state index is 11.2. The van der Waals surface area contributed by atoms with E-state index in [2.05, 4.69) is 13.5 Å². The fourth-order valence-electron chi connectivity index (χ4n) is 1.07. The second kappa shape index (κ2) is 7.31. The molecule has 0 spiro atoms. The van der Waals surface area contributed by atoms with Gasteiger partial charge in [0.05, 0.1) is 0 Å². The normalized spacial score (nSPS) is 12.1. The van der Waals surface area contributed by atoms with Crippen molar-refractivity contribution in [1.29, 1.82) is 0 Å². The highest BCUT2D eigenvalue weighted by Crippen LogP contribution is 2.08. The summed E-state index contributed by atoms with van der Waals surface area (Å²) in [6, 6.07) is 0. The summed E-state index contributed by atoms with van der Waals surface area (Å²) in [5, 5.41) is 0. The Hall–Kier alpha value is -1.11. The van der Waals surface area contributed by atoms with Crippen LogP contribution in [0.15, 0.2) is 36.0 Å². The van der Waals surface area contributed by atoms with Crippen LogP contribution >= 0.6 is 0 Å². The summed E-state index contributed by atoms with van der Waals surface area (Å²) in [4.78, 5) is 11.2. The van der Waals surface area contributed by atoms with E-state index in [1.807, 2.05) is 25.2 Å². The number of ketones is 1. The van der Waals surface area contributed by atoms with Crippen LogP contribution in [0.25, 0.3) is 0 Å². The van der Waals surface area contributed by atoms with Crippen LogP contribution in [-0.2, 0) is 4.79 Å². The number of carbonyl (C=O) groups is 1. The lowest BCUT2D eigenvalue weighted by molar-refractivity contribution is -0.113. The lowest BCUT2D eigenvalue weighted by Crippen LogP contribution is -1.95. The van der Waals surface area contributed by atoms with Gasteiger partial charge in [-0.3, -0.25) is 4.79 Å². The number of hydrogen-bond donors (Lipinski definition) is 0. The third-order valence-electron chi connectivity index (χ3n) is 1.93. The van der Waals surface area contributed by atoms with Crippen molar-refractivity contribution < 1.29 is 4.79 Å². The Morgan fingerprint density at radius 2 is 2.00 bits per heavy atom. The fourth-order valence-corrected chi connectivity index (χ4v) is 1.07. The molecule has 0 aromatic heterocycles. The SMILES string of the molecule is C=C(C)/C=C\C=C(/CCCC)C(C)=O. The molecule has 0 aliphatic heterocycles. The van der Waals surface area contributed by atoms with Crippen LogP contribution in [0.4, 0.5) is 0 Å². The molecule has 0 amide bonds. The first-order valence-corrected chi connectivity index (χ1v) is 5.11. The first-order valence-electron chi connectivity index (χ1n) is 5.11. The highest BCUT2D eigenvalue weighted by molar-refractivity contribution is 5.93. The van der Waals surface area contributed by atoms with Crippen LogP contribution < -0.4 is 0 Å². The van der Waals surface area contributed by atoms with Crippen molar-refractivity contribution in [2.75, 3.05) is 0 Å². The first-order chi connectivity index (χ1) is 6.57. The standard InChI is InChI=1S/C13H20O/c1-5-6-9-13(12(4)14)10-7-8-11(2)3/h7-8,10H,2,5-6,9H2,1,3-4H3/b8-7-,13-10+. The van der Waals surface area contributed by atoms with Gasteiger partial charge in [-0.05, 0) is 32.3 Å². The molecule has 0 rings (SSSR count). The van der Waals surface area contributed by atoms with Crippen LogP contribution in [0, 0.1) is 0 Å². The fraction of sp³-hybridized carbons (Fsp3) is 0.462. The molecule has 0 N–H and O–H groups in total. The maximum Gasteiger partial charge on any atom is 0.155 e. The average Bonchev–Trinajstić information content (AvgIpc) is 2.09. The molecule has 0 fully saturated rings. The maximum absolute atomic E-state index is 11.2. The Balaban J connectivity index is 4.33. The molecule has 14 heavy (non-hydrogen) atoms. The van der Waals surface area contributed by atoms with Gasteiger partial charge in [0.2, 0.25) is 0 Å². The molecule has 0 atom stereocenters. The van der Waals surface area contributed by atoms with Crippen molar-refractivity contribution in [3.63, 3.8) is 0 Å². The van der Waals surface area contributed by atoms with E-state index in [0.29, 0.717) is 0 Å². The monoisotopic (exact) mass is 192 g/mol. The third kappa shape index (κ3) is 6.41. The summed E-state index contributed by atoms with van der Waals surface area (Å²) in [7, 11) is 0. The van der Waals surface area contributed by atoms with E-state index < -0.39 is 0 Å². The van der Waals surface area contributed by atoms with Crippen molar-refractivity contribution in [3.05, 3.63) is 36.0 Å². The van der Waals surface area contributed by atoms with Gasteiger partial charge in [-0.1, -0.05) is 43.7 Å². The van der Waals surface area contributed by atoms with Crippen molar-refractivity contribution in [2.45, 2.75) is 40.0 Å². The van der Waals surface area contributed by atoms with Gasteiger partial charge in [-0.15, -0.1) is 0 Å². The molecule has 0 aromatic rings. The molecule has 1 heteroatoms. The van der Waals surface area contributed by atoms with E-state index in [4.69, 9.17) is 0 Å². The van der Waals surface area contributed by atoms with Crippen LogP contribution in [-0.4, -0.2) is 5.78 Å².